The van der Waals surface area contributed by atoms with Crippen molar-refractivity contribution < 1.29 is 10.2 Å². The summed E-state index contributed by atoms with van der Waals surface area (Å²) in [5, 5.41) is 18.5. The van der Waals surface area contributed by atoms with Crippen molar-refractivity contribution in [1.29, 1.82) is 0 Å². The highest BCUT2D eigenvalue weighted by molar-refractivity contribution is 8.07. The van der Waals surface area contributed by atoms with E-state index in [1.165, 1.54) is 31.0 Å². The van der Waals surface area contributed by atoms with E-state index in [2.05, 4.69) is 27.4 Å². The van der Waals surface area contributed by atoms with Gasteiger partial charge in [0.05, 0.1) is 5.76 Å². The molecule has 0 unspecified atom stereocenters. The zero-order chi connectivity index (χ0) is 20.3. The minimum absolute atomic E-state index is 0.234. The number of aliphatic hydroxyl groups excluding tert-OH is 2. The quantitative estimate of drug-likeness (QED) is 0.333. The van der Waals surface area contributed by atoms with Crippen LogP contribution in [0.2, 0.25) is 0 Å². The first kappa shape index (κ1) is 28.5. The highest BCUT2D eigenvalue weighted by atomic mass is 32.2. The van der Waals surface area contributed by atoms with Gasteiger partial charge in [0.15, 0.2) is 0 Å². The molecule has 0 aromatic heterocycles. The van der Waals surface area contributed by atoms with Crippen LogP contribution in [0.5, 0.6) is 0 Å². The lowest BCUT2D eigenvalue weighted by Gasteiger charge is -2.03. The van der Waals surface area contributed by atoms with Gasteiger partial charge in [-0.1, -0.05) is 84.4 Å². The smallest absolute Gasteiger partial charge is 0.103 e. The van der Waals surface area contributed by atoms with Crippen molar-refractivity contribution in [3.8, 4) is 0 Å². The topological polar surface area (TPSA) is 40.5 Å². The normalized spacial score (nSPS) is 12.8. The van der Waals surface area contributed by atoms with E-state index in [9.17, 15) is 5.11 Å². The Morgan fingerprint density at radius 3 is 1.96 bits per heavy atom. The van der Waals surface area contributed by atoms with Crippen molar-refractivity contribution in [1.82, 2.24) is 0 Å². The standard InChI is InChI=1S/C13H18O2S.C7H16.C2H6/c1-5-7-13(11(4)15)16-12(6-2)9-8-10(3)14;1-4-5-6-7(2)3;1-2/h5-9,14-15H,2H2,1,3-4H3;7H,4-6H2,1-3H3;1-2H3/b7-5-,10-8+,12-9+,13-11-;;. The van der Waals surface area contributed by atoms with Gasteiger partial charge in [-0.2, -0.15) is 0 Å². The van der Waals surface area contributed by atoms with E-state index < -0.39 is 0 Å². The van der Waals surface area contributed by atoms with Crippen LogP contribution in [0.3, 0.4) is 0 Å². The van der Waals surface area contributed by atoms with Gasteiger partial charge in [-0.15, -0.1) is 0 Å². The lowest BCUT2D eigenvalue weighted by atomic mass is 10.1. The fourth-order valence-electron chi connectivity index (χ4n) is 1.47. The summed E-state index contributed by atoms with van der Waals surface area (Å²) in [6.07, 6.45) is 12.8. The molecule has 0 saturated heterocycles. The van der Waals surface area contributed by atoms with E-state index in [4.69, 9.17) is 5.11 Å². The molecule has 2 N–H and O–H groups in total. The lowest BCUT2D eigenvalue weighted by Crippen LogP contribution is -1.83. The molecular weight excluding hydrogens is 328 g/mol. The summed E-state index contributed by atoms with van der Waals surface area (Å²) in [7, 11) is 0. The van der Waals surface area contributed by atoms with Crippen LogP contribution in [-0.2, 0) is 0 Å². The summed E-state index contributed by atoms with van der Waals surface area (Å²) in [4.78, 5) is 1.62. The third-order valence-electron chi connectivity index (χ3n) is 2.73. The average Bonchev–Trinajstić information content (AvgIpc) is 2.57. The van der Waals surface area contributed by atoms with E-state index in [0.29, 0.717) is 0 Å². The summed E-state index contributed by atoms with van der Waals surface area (Å²) in [6, 6.07) is 0. The van der Waals surface area contributed by atoms with Crippen LogP contribution in [-0.4, -0.2) is 10.2 Å². The van der Waals surface area contributed by atoms with Crippen LogP contribution in [0.1, 0.15) is 74.7 Å². The van der Waals surface area contributed by atoms with Crippen molar-refractivity contribution >= 4 is 11.8 Å². The van der Waals surface area contributed by atoms with Crippen LogP contribution in [0.25, 0.3) is 0 Å². The van der Waals surface area contributed by atoms with Crippen molar-refractivity contribution in [3.63, 3.8) is 0 Å². The van der Waals surface area contributed by atoms with Gasteiger partial charge in [-0.3, -0.25) is 0 Å². The van der Waals surface area contributed by atoms with E-state index in [0.717, 1.165) is 15.7 Å². The molecule has 0 heterocycles. The maximum atomic E-state index is 9.45. The monoisotopic (exact) mass is 368 g/mol. The fourth-order valence-corrected chi connectivity index (χ4v) is 2.29. The van der Waals surface area contributed by atoms with Gasteiger partial charge in [0.25, 0.3) is 0 Å². The Kier molecular flexibility index (Phi) is 23.6. The Bertz CT molecular complexity index is 433. The third-order valence-corrected chi connectivity index (χ3v) is 3.92. The lowest BCUT2D eigenvalue weighted by molar-refractivity contribution is 0.413. The van der Waals surface area contributed by atoms with E-state index in [-0.39, 0.29) is 11.5 Å². The van der Waals surface area contributed by atoms with Gasteiger partial charge in [0, 0.05) is 9.81 Å². The zero-order valence-corrected chi connectivity index (χ0v) is 18.4. The molecule has 0 amide bonds. The third kappa shape index (κ3) is 22.6. The molecule has 0 aliphatic rings. The number of allylic oxidation sites excluding steroid dienone is 7. The molecule has 0 atom stereocenters. The molecule has 0 aliphatic carbocycles. The molecule has 0 radical (unpaired) electrons. The first-order chi connectivity index (χ1) is 11.8. The molecule has 0 bridgehead atoms. The number of unbranched alkanes of at least 4 members (excludes halogenated alkanes) is 1. The molecule has 3 heteroatoms. The summed E-state index contributed by atoms with van der Waals surface area (Å²) >= 11 is 1.39. The Morgan fingerprint density at radius 1 is 1.12 bits per heavy atom. The van der Waals surface area contributed by atoms with Crippen molar-refractivity contribution in [3.05, 3.63) is 58.3 Å². The van der Waals surface area contributed by atoms with Gasteiger partial charge in [-0.05, 0) is 44.9 Å². The molecular formula is C22H40O2S. The second-order valence-electron chi connectivity index (χ2n) is 5.67. The Balaban J connectivity index is -0.000000450. The predicted octanol–water partition coefficient (Wildman–Crippen LogP) is 8.48. The Labute approximate surface area is 161 Å². The molecule has 0 spiro atoms. The van der Waals surface area contributed by atoms with Gasteiger partial charge in [0.1, 0.15) is 5.76 Å². The van der Waals surface area contributed by atoms with Crippen molar-refractivity contribution in [2.45, 2.75) is 74.7 Å². The molecule has 0 aliphatic heterocycles. The van der Waals surface area contributed by atoms with Crippen LogP contribution in [0.15, 0.2) is 58.3 Å². The average molecular weight is 369 g/mol. The minimum Gasteiger partial charge on any atom is -0.513 e. The SMILES string of the molecule is C=C/C(=C\C=C(/C)O)SC(/C=C\C)=C(/C)O.CC.CCCCC(C)C. The Hall–Kier alpha value is -1.35. The first-order valence-electron chi connectivity index (χ1n) is 9.18. The summed E-state index contributed by atoms with van der Waals surface area (Å²) in [5.74, 6) is 1.40. The van der Waals surface area contributed by atoms with E-state index >= 15 is 0 Å². The second kappa shape index (κ2) is 20.7. The molecule has 0 saturated carbocycles. The highest BCUT2D eigenvalue weighted by Gasteiger charge is 2.01. The van der Waals surface area contributed by atoms with Gasteiger partial charge >= 0.3 is 0 Å². The molecule has 2 nitrogen and oxygen atoms in total. The zero-order valence-electron chi connectivity index (χ0n) is 17.6. The molecule has 0 fully saturated rings. The van der Waals surface area contributed by atoms with Gasteiger partial charge < -0.3 is 10.2 Å². The maximum absolute atomic E-state index is 9.45. The Morgan fingerprint density at radius 2 is 1.68 bits per heavy atom. The number of aliphatic hydroxyl groups is 2. The van der Waals surface area contributed by atoms with E-state index in [1.807, 2.05) is 32.9 Å². The maximum Gasteiger partial charge on any atom is 0.103 e. The van der Waals surface area contributed by atoms with Crippen LogP contribution in [0.4, 0.5) is 0 Å². The summed E-state index contributed by atoms with van der Waals surface area (Å²) in [5.41, 5.74) is 0. The van der Waals surface area contributed by atoms with Crippen molar-refractivity contribution in [2.24, 2.45) is 5.92 Å². The highest BCUT2D eigenvalue weighted by Crippen LogP contribution is 2.29. The van der Waals surface area contributed by atoms with Crippen molar-refractivity contribution in [2.75, 3.05) is 0 Å². The minimum atomic E-state index is 0.234. The van der Waals surface area contributed by atoms with Crippen LogP contribution in [0, 0.1) is 5.92 Å². The van der Waals surface area contributed by atoms with E-state index in [1.54, 1.807) is 32.1 Å². The van der Waals surface area contributed by atoms with Crippen LogP contribution >= 0.6 is 11.8 Å². The number of hydrogen-bond acceptors (Lipinski definition) is 3. The fraction of sp³-hybridized carbons (Fsp3) is 0.545. The number of rotatable bonds is 8. The first-order valence-corrected chi connectivity index (χ1v) is 10.00. The molecule has 0 aromatic rings. The summed E-state index contributed by atoms with van der Waals surface area (Å²) < 4.78 is 0. The molecule has 25 heavy (non-hydrogen) atoms. The number of hydrogen-bond donors (Lipinski definition) is 2. The van der Waals surface area contributed by atoms with Crippen LogP contribution < -0.4 is 0 Å². The molecule has 0 aromatic carbocycles. The number of thioether (sulfide) groups is 1. The van der Waals surface area contributed by atoms with Gasteiger partial charge in [-0.25, -0.2) is 0 Å². The molecule has 0 rings (SSSR count). The summed E-state index contributed by atoms with van der Waals surface area (Å²) in [6.45, 7) is 19.6. The second-order valence-corrected chi connectivity index (χ2v) is 6.78. The molecule has 146 valence electrons. The largest absolute Gasteiger partial charge is 0.513 e. The van der Waals surface area contributed by atoms with Gasteiger partial charge in [0.2, 0.25) is 0 Å². The predicted molar refractivity (Wildman–Crippen MR) is 118 cm³/mol.